The summed E-state index contributed by atoms with van der Waals surface area (Å²) in [7, 11) is 0. The average Bonchev–Trinajstić information content (AvgIpc) is 2.45. The molecule has 1 rings (SSSR count). The Labute approximate surface area is 138 Å². The molecule has 0 saturated heterocycles. The number of benzene rings is 1. The number of carbonyl (C=O) groups excluding carboxylic acids is 1. The van der Waals surface area contributed by atoms with Gasteiger partial charge in [0.25, 0.3) is 0 Å². The number of amidine groups is 1. The molecule has 0 aliphatic carbocycles. The van der Waals surface area contributed by atoms with E-state index in [0.717, 1.165) is 17.5 Å². The zero-order valence-corrected chi connectivity index (χ0v) is 14.9. The van der Waals surface area contributed by atoms with Crippen molar-refractivity contribution in [3.05, 3.63) is 29.3 Å². The third-order valence-corrected chi connectivity index (χ3v) is 3.36. The van der Waals surface area contributed by atoms with E-state index in [1.54, 1.807) is 0 Å². The van der Waals surface area contributed by atoms with E-state index in [4.69, 9.17) is 11.1 Å². The van der Waals surface area contributed by atoms with Crippen molar-refractivity contribution in [1.82, 2.24) is 0 Å². The highest BCUT2D eigenvalue weighted by Gasteiger charge is 2.06. The van der Waals surface area contributed by atoms with E-state index >= 15 is 0 Å². The van der Waals surface area contributed by atoms with Crippen LogP contribution in [0.15, 0.2) is 23.2 Å². The molecule has 22 heavy (non-hydrogen) atoms. The number of aldehydes is 1. The molecule has 0 aliphatic heterocycles. The van der Waals surface area contributed by atoms with E-state index in [2.05, 4.69) is 31.0 Å². The van der Waals surface area contributed by atoms with Gasteiger partial charge in [0.05, 0.1) is 11.4 Å². The van der Waals surface area contributed by atoms with Gasteiger partial charge in [0.1, 0.15) is 6.29 Å². The fraction of sp³-hybridized carbons (Fsp3) is 0.471. The normalized spacial score (nSPS) is 11.1. The van der Waals surface area contributed by atoms with Crippen LogP contribution >= 0.6 is 11.8 Å². The van der Waals surface area contributed by atoms with Gasteiger partial charge < -0.3 is 15.9 Å². The summed E-state index contributed by atoms with van der Waals surface area (Å²) >= 11 is 1.26. The molecule has 0 unspecified atom stereocenters. The predicted molar refractivity (Wildman–Crippen MR) is 98.7 cm³/mol. The first-order valence-electron chi connectivity index (χ1n) is 7.33. The number of carbonyl (C=O) groups is 1. The lowest BCUT2D eigenvalue weighted by Gasteiger charge is -2.10. The summed E-state index contributed by atoms with van der Waals surface area (Å²) in [5.74, 6) is 1.17. The second-order valence-electron chi connectivity index (χ2n) is 5.56. The second-order valence-corrected chi connectivity index (χ2v) is 6.60. The zero-order valence-electron chi connectivity index (χ0n) is 14.1. The van der Waals surface area contributed by atoms with Crippen LogP contribution in [0.2, 0.25) is 0 Å². The van der Waals surface area contributed by atoms with Crippen molar-refractivity contribution >= 4 is 35.1 Å². The molecule has 5 heteroatoms. The number of hydrogen-bond donors (Lipinski definition) is 2. The number of aliphatic imine (C=N–C) groups is 1. The lowest BCUT2D eigenvalue weighted by atomic mass is 10.00. The topological polar surface area (TPSA) is 79.3 Å². The number of nitrogens with two attached hydrogens (primary N) is 1. The second kappa shape index (κ2) is 11.0. The van der Waals surface area contributed by atoms with Crippen LogP contribution in [0.1, 0.15) is 44.7 Å². The Balaban J connectivity index is 0.000000763. The van der Waals surface area contributed by atoms with Crippen molar-refractivity contribution in [2.24, 2.45) is 16.6 Å². The average molecular weight is 321 g/mol. The summed E-state index contributed by atoms with van der Waals surface area (Å²) in [6.45, 7) is 10.2. The summed E-state index contributed by atoms with van der Waals surface area (Å²) in [4.78, 5) is 14.6. The molecule has 4 nitrogen and oxygen atoms in total. The maximum absolute atomic E-state index is 10.3. The fourth-order valence-electron chi connectivity index (χ4n) is 1.51. The van der Waals surface area contributed by atoms with Crippen LogP contribution in [0, 0.1) is 18.3 Å². The summed E-state index contributed by atoms with van der Waals surface area (Å²) in [5, 5.41) is 6.97. The van der Waals surface area contributed by atoms with Gasteiger partial charge in [-0.25, -0.2) is 4.99 Å². The first-order chi connectivity index (χ1) is 10.3. The van der Waals surface area contributed by atoms with Crippen LogP contribution < -0.4 is 5.73 Å². The first kappa shape index (κ1) is 20.4. The molecule has 0 bridgehead atoms. The van der Waals surface area contributed by atoms with Crippen molar-refractivity contribution in [3.8, 4) is 0 Å². The fourth-order valence-corrected chi connectivity index (χ4v) is 1.91. The number of rotatable bonds is 5. The van der Waals surface area contributed by atoms with Crippen molar-refractivity contribution in [1.29, 1.82) is 5.41 Å². The molecular weight excluding hydrogens is 294 g/mol. The van der Waals surface area contributed by atoms with Crippen LogP contribution in [0.5, 0.6) is 0 Å². The lowest BCUT2D eigenvalue weighted by molar-refractivity contribution is -0.105. The molecule has 3 N–H and O–H groups in total. The molecule has 0 heterocycles. The van der Waals surface area contributed by atoms with Gasteiger partial charge in [0.2, 0.25) is 0 Å². The zero-order chi connectivity index (χ0) is 17.1. The minimum Gasteiger partial charge on any atom is -0.378 e. The highest BCUT2D eigenvalue weighted by atomic mass is 32.2. The number of aryl methyl sites for hydroxylation is 1. The number of hydrogen-bond acceptors (Lipinski definition) is 4. The summed E-state index contributed by atoms with van der Waals surface area (Å²) in [6.07, 6.45) is 2.24. The Morgan fingerprint density at radius 3 is 2.41 bits per heavy atom. The molecule has 122 valence electrons. The molecule has 0 amide bonds. The number of thioether (sulfide) groups is 1. The van der Waals surface area contributed by atoms with Gasteiger partial charge in [-0.2, -0.15) is 0 Å². The minimum atomic E-state index is 0.345. The smallest absolute Gasteiger partial charge is 0.159 e. The van der Waals surface area contributed by atoms with E-state index in [9.17, 15) is 4.79 Å². The molecular formula is C17H27N3OS. The first-order valence-corrected chi connectivity index (χ1v) is 8.32. The van der Waals surface area contributed by atoms with Crippen LogP contribution in [0.3, 0.4) is 0 Å². The Morgan fingerprint density at radius 2 is 1.95 bits per heavy atom. The maximum Gasteiger partial charge on any atom is 0.159 e. The Morgan fingerprint density at radius 1 is 1.36 bits per heavy atom. The van der Waals surface area contributed by atoms with Gasteiger partial charge in [-0.3, -0.25) is 0 Å². The molecule has 1 aromatic carbocycles. The lowest BCUT2D eigenvalue weighted by Crippen LogP contribution is -2.07. The summed E-state index contributed by atoms with van der Waals surface area (Å²) in [6, 6.07) is 6.17. The minimum absolute atomic E-state index is 0.345. The molecule has 1 aromatic rings. The predicted octanol–water partition coefficient (Wildman–Crippen LogP) is 4.29. The van der Waals surface area contributed by atoms with Gasteiger partial charge in [-0.1, -0.05) is 51.6 Å². The largest absolute Gasteiger partial charge is 0.378 e. The van der Waals surface area contributed by atoms with Crippen molar-refractivity contribution in [2.45, 2.75) is 40.5 Å². The molecule has 0 radical (unpaired) electrons. The van der Waals surface area contributed by atoms with E-state index in [0.29, 0.717) is 22.8 Å². The third kappa shape index (κ3) is 8.62. The van der Waals surface area contributed by atoms with Crippen molar-refractivity contribution in [3.63, 3.8) is 0 Å². The highest BCUT2D eigenvalue weighted by molar-refractivity contribution is 8.14. The highest BCUT2D eigenvalue weighted by Crippen LogP contribution is 2.28. The van der Waals surface area contributed by atoms with Crippen molar-refractivity contribution in [2.75, 3.05) is 5.75 Å². The van der Waals surface area contributed by atoms with Gasteiger partial charge in [-0.05, 0) is 42.2 Å². The maximum atomic E-state index is 10.3. The van der Waals surface area contributed by atoms with Crippen LogP contribution in [-0.2, 0) is 4.79 Å². The molecule has 0 fully saturated rings. The van der Waals surface area contributed by atoms with Gasteiger partial charge in [0, 0.05) is 0 Å². The van der Waals surface area contributed by atoms with E-state index < -0.39 is 0 Å². The van der Waals surface area contributed by atoms with Crippen LogP contribution in [0.25, 0.3) is 0 Å². The Bertz CT molecular complexity index is 511. The summed E-state index contributed by atoms with van der Waals surface area (Å²) in [5.41, 5.74) is 8.99. The van der Waals surface area contributed by atoms with Gasteiger partial charge in [0.15, 0.2) is 5.17 Å². The standard InChI is InChI=1S/C13H18N2OS.C4H9N/c1-9(2)11-5-4-10(3)8-12(11)15-13(14)17-7-6-16;1-4(2)3-5/h4-6,8-9H,7H2,1-3H3,(H2,14,15);3-5H,1-2H3. The Kier molecular flexibility index (Phi) is 10.2. The van der Waals surface area contributed by atoms with Gasteiger partial charge >= 0.3 is 0 Å². The third-order valence-electron chi connectivity index (χ3n) is 2.67. The Hall–Kier alpha value is -1.62. The molecule has 0 aliphatic rings. The summed E-state index contributed by atoms with van der Waals surface area (Å²) < 4.78 is 0. The molecule has 0 atom stereocenters. The van der Waals surface area contributed by atoms with Crippen LogP contribution in [0.4, 0.5) is 5.69 Å². The monoisotopic (exact) mass is 321 g/mol. The van der Waals surface area contributed by atoms with Gasteiger partial charge in [-0.15, -0.1) is 0 Å². The van der Waals surface area contributed by atoms with E-state index in [-0.39, 0.29) is 0 Å². The molecule has 0 saturated carbocycles. The quantitative estimate of drug-likeness (QED) is 0.482. The van der Waals surface area contributed by atoms with E-state index in [1.807, 2.05) is 26.8 Å². The van der Waals surface area contributed by atoms with E-state index in [1.165, 1.54) is 23.5 Å². The number of nitrogens with zero attached hydrogens (tertiary/aromatic N) is 1. The number of nitrogens with one attached hydrogen (secondary N) is 1. The molecule has 0 aromatic heterocycles. The SMILES string of the molecule is CC(C)C=N.Cc1ccc(C(C)C)c(N=C(N)SCC=O)c1. The molecule has 0 spiro atoms. The van der Waals surface area contributed by atoms with Crippen LogP contribution in [-0.4, -0.2) is 23.4 Å². The van der Waals surface area contributed by atoms with Crippen molar-refractivity contribution < 1.29 is 4.79 Å².